The number of amides is 8. The van der Waals surface area contributed by atoms with Crippen molar-refractivity contribution >= 4 is 64.1 Å². The lowest BCUT2D eigenvalue weighted by molar-refractivity contribution is -0.143. The molecule has 494 valence electrons. The maximum absolute atomic E-state index is 15.1. The second-order valence-electron chi connectivity index (χ2n) is 24.4. The first-order valence-electron chi connectivity index (χ1n) is 30.9. The van der Waals surface area contributed by atoms with Gasteiger partial charge in [-0.1, -0.05) is 114 Å². The van der Waals surface area contributed by atoms with Gasteiger partial charge in [-0.25, -0.2) is 14.8 Å². The fourth-order valence-corrected chi connectivity index (χ4v) is 10.6. The van der Waals surface area contributed by atoms with Crippen LogP contribution in [0.1, 0.15) is 88.0 Å². The zero-order chi connectivity index (χ0) is 67.3. The number of carboxylic acid groups (broad SMARTS) is 1. The number of nitrogens with one attached hydrogen (secondary N) is 11. The number of imidazole rings is 2. The number of benzene rings is 4. The van der Waals surface area contributed by atoms with E-state index in [9.17, 15) is 48.9 Å². The Balaban J connectivity index is 1.15. The van der Waals surface area contributed by atoms with Gasteiger partial charge in [0.05, 0.1) is 18.7 Å². The molecule has 0 saturated heterocycles. The van der Waals surface area contributed by atoms with Gasteiger partial charge in [-0.3, -0.25) is 38.4 Å². The smallest absolute Gasteiger partial charge is 0.326 e. The van der Waals surface area contributed by atoms with E-state index in [1.807, 2.05) is 76.2 Å². The van der Waals surface area contributed by atoms with Crippen LogP contribution in [0.5, 0.6) is 11.5 Å². The van der Waals surface area contributed by atoms with E-state index in [2.05, 4.69) is 67.5 Å². The summed E-state index contributed by atoms with van der Waals surface area (Å²) in [5.41, 5.74) is 10.2. The third kappa shape index (κ3) is 21.4. The van der Waals surface area contributed by atoms with Gasteiger partial charge in [0.1, 0.15) is 59.8 Å². The lowest BCUT2D eigenvalue weighted by Crippen LogP contribution is -2.61. The van der Waals surface area contributed by atoms with Gasteiger partial charge >= 0.3 is 5.97 Å². The van der Waals surface area contributed by atoms with E-state index in [0.29, 0.717) is 28.1 Å². The number of carbonyl (C=O) groups is 9. The molecule has 0 aliphatic heterocycles. The number of phenols is 2. The van der Waals surface area contributed by atoms with Crippen molar-refractivity contribution in [3.8, 4) is 11.5 Å². The third-order valence-corrected chi connectivity index (χ3v) is 15.5. The molecule has 26 nitrogen and oxygen atoms in total. The van der Waals surface area contributed by atoms with Gasteiger partial charge in [0.2, 0.25) is 47.3 Å². The number of H-pyrrole nitrogens is 3. The van der Waals surface area contributed by atoms with Crippen LogP contribution in [-0.2, 0) is 81.7 Å². The number of aromatic amines is 3. The molecule has 0 aliphatic carbocycles. The first-order valence-corrected chi connectivity index (χ1v) is 30.9. The normalized spacial score (nSPS) is 14.3. The first-order chi connectivity index (χ1) is 44.4. The first kappa shape index (κ1) is 70.1. The number of nitrogens with zero attached hydrogens (tertiary/aromatic N) is 2. The van der Waals surface area contributed by atoms with E-state index in [-0.39, 0.29) is 74.7 Å². The Kier molecular flexibility index (Phi) is 25.3. The molecule has 7 rings (SSSR count). The minimum absolute atomic E-state index is 0.0323. The highest BCUT2D eigenvalue weighted by molar-refractivity contribution is 5.99. The zero-order valence-corrected chi connectivity index (χ0v) is 52.8. The van der Waals surface area contributed by atoms with Gasteiger partial charge in [0.25, 0.3) is 0 Å². The number of para-hydroxylation sites is 1. The number of fused-ring (bicyclic) bond motifs is 1. The molecule has 0 aliphatic rings. The highest BCUT2D eigenvalue weighted by atomic mass is 16.4. The lowest BCUT2D eigenvalue weighted by Gasteiger charge is -2.29. The number of rotatable bonds is 34. The number of aromatic nitrogens is 5. The number of carboxylic acids is 1. The average molecular weight is 1280 g/mol. The second-order valence-corrected chi connectivity index (χ2v) is 24.4. The fraction of sp³-hybridized carbons (Fsp3) is 0.388. The van der Waals surface area contributed by atoms with Crippen molar-refractivity contribution < 1.29 is 58.5 Å². The van der Waals surface area contributed by atoms with Crippen LogP contribution >= 0.6 is 0 Å². The standard InChI is InChI=1S/C67H84N14O12/c1-37(2)24-51(74-59(84)49(68)26-40-12-8-7-9-13-40)60(85)79-56(30-44-33-69-35-72-44)64(89)75-52(25-38(3)4)61(86)80-57(31-45-34-70-36-73-45)65(90)77-53(27-41-16-20-46(82)21-17-41)62(87)76-54(28-42-18-22-47(83)23-19-42)63(88)78-55(66(91)81-58(39(5)6)67(92)93)29-43-32-71-50-15-11-10-14-48(43)50/h7-23,32-39,49,51-58,71,82-83H,24-31,68H2,1-6H3,(H,69,72)(H,70,73)(H,74,84)(H,75,89)(H,76,87)(H,77,90)(H,78,88)(H,79,85)(H,80,86)(H,81,91)(H,92,93). The molecule has 4 aromatic carbocycles. The monoisotopic (exact) mass is 1280 g/mol. The quantitative estimate of drug-likeness (QED) is 0.0276. The molecule has 16 N–H and O–H groups in total. The van der Waals surface area contributed by atoms with Gasteiger partial charge in [-0.2, -0.15) is 0 Å². The largest absolute Gasteiger partial charge is 0.508 e. The number of hydrogen-bond acceptors (Lipinski definition) is 14. The van der Waals surface area contributed by atoms with Crippen molar-refractivity contribution in [2.75, 3.05) is 0 Å². The summed E-state index contributed by atoms with van der Waals surface area (Å²) in [4.78, 5) is 146. The Morgan fingerprint density at radius 3 is 1.23 bits per heavy atom. The van der Waals surface area contributed by atoms with E-state index in [4.69, 9.17) is 5.73 Å². The van der Waals surface area contributed by atoms with Crippen molar-refractivity contribution in [2.45, 2.75) is 147 Å². The molecule has 3 aromatic heterocycles. The molecule has 9 unspecified atom stereocenters. The van der Waals surface area contributed by atoms with Crippen LogP contribution in [0.4, 0.5) is 0 Å². The number of hydrogen-bond donors (Lipinski definition) is 15. The number of aromatic hydroxyl groups is 2. The van der Waals surface area contributed by atoms with E-state index in [1.165, 1.54) is 73.6 Å². The number of nitrogens with two attached hydrogens (primary N) is 1. The van der Waals surface area contributed by atoms with Gasteiger partial charge in [0.15, 0.2) is 0 Å². The minimum Gasteiger partial charge on any atom is -0.508 e. The van der Waals surface area contributed by atoms with E-state index in [0.717, 1.165) is 16.5 Å². The van der Waals surface area contributed by atoms with Gasteiger partial charge in [-0.15, -0.1) is 0 Å². The maximum Gasteiger partial charge on any atom is 0.326 e. The lowest BCUT2D eigenvalue weighted by atomic mass is 9.99. The molecule has 8 amide bonds. The molecule has 0 fully saturated rings. The van der Waals surface area contributed by atoms with Crippen molar-refractivity contribution in [1.82, 2.24) is 67.5 Å². The Hall–Kier alpha value is -10.4. The maximum atomic E-state index is 15.1. The molecule has 93 heavy (non-hydrogen) atoms. The summed E-state index contributed by atoms with van der Waals surface area (Å²) in [6, 6.07) is 15.9. The summed E-state index contributed by atoms with van der Waals surface area (Å²) in [7, 11) is 0. The molecule has 0 bridgehead atoms. The SMILES string of the molecule is CC(C)CC(NC(=O)C(N)Cc1ccccc1)C(=O)NC(Cc1cnc[nH]1)C(=O)NC(CC(C)C)C(=O)NC(Cc1cnc[nH]1)C(=O)NC(Cc1ccc(O)cc1)C(=O)NC(Cc1ccc(O)cc1)C(=O)NC(Cc1c[nH]c2ccccc12)C(=O)NC(C(=O)O)C(C)C. The second kappa shape index (κ2) is 33.6. The molecule has 0 saturated carbocycles. The molecule has 0 spiro atoms. The Morgan fingerprint density at radius 2 is 0.806 bits per heavy atom. The molecular weight excluding hydrogens is 1190 g/mol. The van der Waals surface area contributed by atoms with Crippen LogP contribution in [-0.4, -0.2) is 148 Å². The minimum atomic E-state index is -1.53. The summed E-state index contributed by atoms with van der Waals surface area (Å²) < 4.78 is 0. The van der Waals surface area contributed by atoms with Crippen LogP contribution in [0.2, 0.25) is 0 Å². The topological polar surface area (TPSA) is 410 Å². The highest BCUT2D eigenvalue weighted by Gasteiger charge is 2.37. The molecule has 0 radical (unpaired) electrons. The molecule has 26 heteroatoms. The molecular formula is C67H84N14O12. The van der Waals surface area contributed by atoms with E-state index in [1.54, 1.807) is 26.1 Å². The number of carbonyl (C=O) groups excluding carboxylic acids is 8. The van der Waals surface area contributed by atoms with E-state index >= 15 is 9.59 Å². The van der Waals surface area contributed by atoms with Crippen LogP contribution in [0.15, 0.2) is 134 Å². The summed E-state index contributed by atoms with van der Waals surface area (Å²) in [5, 5.41) is 53.2. The van der Waals surface area contributed by atoms with Crippen molar-refractivity contribution in [1.29, 1.82) is 0 Å². The van der Waals surface area contributed by atoms with Crippen molar-refractivity contribution in [2.24, 2.45) is 23.5 Å². The van der Waals surface area contributed by atoms with Crippen LogP contribution < -0.4 is 48.3 Å². The summed E-state index contributed by atoms with van der Waals surface area (Å²) in [5.74, 6) is -8.74. The molecule has 7 aromatic rings. The summed E-state index contributed by atoms with van der Waals surface area (Å²) in [6.07, 6.45) is 6.81. The molecule has 3 heterocycles. The van der Waals surface area contributed by atoms with Gasteiger partial charge in [-0.05, 0) is 89.6 Å². The van der Waals surface area contributed by atoms with E-state index < -0.39 is 114 Å². The summed E-state index contributed by atoms with van der Waals surface area (Å²) in [6.45, 7) is 10.6. The third-order valence-electron chi connectivity index (χ3n) is 15.5. The van der Waals surface area contributed by atoms with Crippen molar-refractivity contribution in [3.63, 3.8) is 0 Å². The predicted octanol–water partition coefficient (Wildman–Crippen LogP) is 2.82. The molecule has 9 atom stereocenters. The zero-order valence-electron chi connectivity index (χ0n) is 52.8. The number of phenolic OH excluding ortho intramolecular Hbond substituents is 2. The summed E-state index contributed by atoms with van der Waals surface area (Å²) >= 11 is 0. The Morgan fingerprint density at radius 1 is 0.430 bits per heavy atom. The highest BCUT2D eigenvalue weighted by Crippen LogP contribution is 2.21. The van der Waals surface area contributed by atoms with Gasteiger partial charge < -0.3 is 78.5 Å². The van der Waals surface area contributed by atoms with Gasteiger partial charge in [0, 0.05) is 73.0 Å². The van der Waals surface area contributed by atoms with Crippen LogP contribution in [0, 0.1) is 17.8 Å². The number of aliphatic carboxylic acids is 1. The average Bonchev–Trinajstić information content (AvgIpc) is 1.81. The van der Waals surface area contributed by atoms with Crippen molar-refractivity contribution in [3.05, 3.63) is 168 Å². The Labute approximate surface area is 538 Å². The predicted molar refractivity (Wildman–Crippen MR) is 345 cm³/mol. The Bertz CT molecular complexity index is 3620. The van der Waals surface area contributed by atoms with Crippen LogP contribution in [0.3, 0.4) is 0 Å². The fourth-order valence-electron chi connectivity index (χ4n) is 10.6. The van der Waals surface area contributed by atoms with Crippen LogP contribution in [0.25, 0.3) is 10.9 Å².